The molecule has 1 atom stereocenters. The van der Waals surface area contributed by atoms with Gasteiger partial charge in [-0.25, -0.2) is 0 Å². The maximum atomic E-state index is 12.2. The average Bonchev–Trinajstić information content (AvgIpc) is 2.39. The number of hydrogen-bond acceptors (Lipinski definition) is 4. The van der Waals surface area contributed by atoms with Crippen LogP contribution in [0.1, 0.15) is 27.1 Å². The summed E-state index contributed by atoms with van der Waals surface area (Å²) in [6.45, 7) is 0. The second-order valence-corrected chi connectivity index (χ2v) is 4.33. The van der Waals surface area contributed by atoms with Crippen molar-refractivity contribution < 1.29 is 19.8 Å². The van der Waals surface area contributed by atoms with E-state index in [2.05, 4.69) is 0 Å². The predicted octanol–water partition coefficient (Wildman–Crippen LogP) is 1.57. The van der Waals surface area contributed by atoms with Gasteiger partial charge in [0.25, 0.3) is 0 Å². The molecule has 0 bridgehead atoms. The van der Waals surface area contributed by atoms with Crippen molar-refractivity contribution in [1.82, 2.24) is 0 Å². The van der Waals surface area contributed by atoms with Gasteiger partial charge in [0.15, 0.2) is 11.6 Å². The van der Waals surface area contributed by atoms with Gasteiger partial charge in [-0.1, -0.05) is 30.3 Å². The molecule has 3 rings (SSSR count). The van der Waals surface area contributed by atoms with E-state index < -0.39 is 17.6 Å². The molecular weight excluding hydrogens is 232 g/mol. The molecule has 0 radical (unpaired) electrons. The zero-order valence-electron chi connectivity index (χ0n) is 9.38. The summed E-state index contributed by atoms with van der Waals surface area (Å²) < 4.78 is 0. The topological polar surface area (TPSA) is 74.6 Å². The number of ketones is 2. The number of carbonyl (C=O) groups is 2. The van der Waals surface area contributed by atoms with Gasteiger partial charge in [-0.2, -0.15) is 0 Å². The van der Waals surface area contributed by atoms with Crippen molar-refractivity contribution in [2.75, 3.05) is 0 Å². The third kappa shape index (κ3) is 1.29. The third-order valence-corrected chi connectivity index (χ3v) is 3.27. The van der Waals surface area contributed by atoms with Crippen LogP contribution in [0.3, 0.4) is 0 Å². The van der Waals surface area contributed by atoms with Gasteiger partial charge in [0.1, 0.15) is 11.9 Å². The van der Waals surface area contributed by atoms with Crippen LogP contribution in [0.15, 0.2) is 47.2 Å². The highest BCUT2D eigenvalue weighted by atomic mass is 16.3. The van der Waals surface area contributed by atoms with Crippen molar-refractivity contribution in [3.63, 3.8) is 0 Å². The highest BCUT2D eigenvalue weighted by Crippen LogP contribution is 2.34. The fourth-order valence-electron chi connectivity index (χ4n) is 2.35. The number of aliphatic hydroxyl groups is 2. The number of aliphatic hydroxyl groups excluding tert-OH is 2. The zero-order valence-corrected chi connectivity index (χ0v) is 9.38. The van der Waals surface area contributed by atoms with Crippen molar-refractivity contribution in [2.24, 2.45) is 0 Å². The van der Waals surface area contributed by atoms with Gasteiger partial charge in [-0.15, -0.1) is 0 Å². The van der Waals surface area contributed by atoms with E-state index in [1.54, 1.807) is 24.3 Å². The lowest BCUT2D eigenvalue weighted by Crippen LogP contribution is -2.29. The maximum absolute atomic E-state index is 12.2. The lowest BCUT2D eigenvalue weighted by molar-refractivity contribution is 0.0946. The number of rotatable bonds is 0. The van der Waals surface area contributed by atoms with Crippen molar-refractivity contribution in [2.45, 2.75) is 12.5 Å². The van der Waals surface area contributed by atoms with Gasteiger partial charge in [0, 0.05) is 16.7 Å². The van der Waals surface area contributed by atoms with Crippen LogP contribution in [-0.4, -0.2) is 27.9 Å². The SMILES string of the molecule is O=C1C2=CCC(O)C(O)=C2C(=O)c2ccccc21. The normalized spacial score (nSPS) is 22.5. The fraction of sp³-hybridized carbons (Fsp3) is 0.143. The quantitative estimate of drug-likeness (QED) is 0.724. The van der Waals surface area contributed by atoms with Crippen LogP contribution in [-0.2, 0) is 0 Å². The van der Waals surface area contributed by atoms with Gasteiger partial charge in [-0.3, -0.25) is 9.59 Å². The van der Waals surface area contributed by atoms with Crippen molar-refractivity contribution in [3.8, 4) is 0 Å². The first kappa shape index (κ1) is 10.9. The molecule has 0 fully saturated rings. The third-order valence-electron chi connectivity index (χ3n) is 3.27. The summed E-state index contributed by atoms with van der Waals surface area (Å²) in [6.07, 6.45) is 0.549. The van der Waals surface area contributed by atoms with Crippen LogP contribution in [0.25, 0.3) is 0 Å². The van der Waals surface area contributed by atoms with E-state index in [9.17, 15) is 19.8 Å². The van der Waals surface area contributed by atoms with Crippen molar-refractivity contribution in [3.05, 3.63) is 58.4 Å². The molecule has 1 aromatic carbocycles. The summed E-state index contributed by atoms with van der Waals surface area (Å²) in [6, 6.07) is 6.50. The molecule has 0 heterocycles. The van der Waals surface area contributed by atoms with E-state index in [1.807, 2.05) is 0 Å². The summed E-state index contributed by atoms with van der Waals surface area (Å²) in [7, 11) is 0. The molecule has 4 heteroatoms. The Bertz CT molecular complexity index is 637. The highest BCUT2D eigenvalue weighted by molar-refractivity contribution is 6.31. The number of benzene rings is 1. The monoisotopic (exact) mass is 242 g/mol. The second-order valence-electron chi connectivity index (χ2n) is 4.33. The number of fused-ring (bicyclic) bond motifs is 2. The Kier molecular flexibility index (Phi) is 2.21. The number of allylic oxidation sites excluding steroid dienone is 2. The van der Waals surface area contributed by atoms with Gasteiger partial charge < -0.3 is 10.2 Å². The Hall–Kier alpha value is -2.20. The van der Waals surface area contributed by atoms with Gasteiger partial charge in [0.05, 0.1) is 5.57 Å². The van der Waals surface area contributed by atoms with Crippen LogP contribution in [0, 0.1) is 0 Å². The molecule has 2 aliphatic carbocycles. The molecule has 2 aliphatic rings. The second kappa shape index (κ2) is 3.65. The summed E-state index contributed by atoms with van der Waals surface area (Å²) >= 11 is 0. The van der Waals surface area contributed by atoms with Crippen molar-refractivity contribution in [1.29, 1.82) is 0 Å². The molecule has 0 aromatic heterocycles. The number of Topliss-reactive ketones (excluding diaryl/α,β-unsaturated/α-hetero) is 2. The molecule has 4 nitrogen and oxygen atoms in total. The molecule has 1 unspecified atom stereocenters. The minimum atomic E-state index is -1.11. The lowest BCUT2D eigenvalue weighted by atomic mass is 9.78. The Morgan fingerprint density at radius 2 is 1.67 bits per heavy atom. The van der Waals surface area contributed by atoms with Crippen LogP contribution in [0.2, 0.25) is 0 Å². The Balaban J connectivity index is 2.30. The van der Waals surface area contributed by atoms with E-state index in [4.69, 9.17) is 0 Å². The molecule has 0 amide bonds. The molecule has 1 aromatic rings. The molecule has 0 aliphatic heterocycles. The molecule has 0 saturated carbocycles. The Morgan fingerprint density at radius 3 is 2.33 bits per heavy atom. The Morgan fingerprint density at radius 1 is 1.06 bits per heavy atom. The summed E-state index contributed by atoms with van der Waals surface area (Å²) in [5.41, 5.74) is 0.760. The number of carbonyl (C=O) groups excluding carboxylic acids is 2. The first-order valence-corrected chi connectivity index (χ1v) is 5.61. The summed E-state index contributed by atoms with van der Waals surface area (Å²) in [5.74, 6) is -1.09. The molecule has 0 saturated heterocycles. The minimum Gasteiger partial charge on any atom is -0.509 e. The van der Waals surface area contributed by atoms with Gasteiger partial charge in [0.2, 0.25) is 0 Å². The fourth-order valence-corrected chi connectivity index (χ4v) is 2.35. The molecule has 2 N–H and O–H groups in total. The smallest absolute Gasteiger partial charge is 0.197 e. The van der Waals surface area contributed by atoms with Crippen LogP contribution in [0.5, 0.6) is 0 Å². The lowest BCUT2D eigenvalue weighted by Gasteiger charge is -2.25. The molecular formula is C14H10O4. The van der Waals surface area contributed by atoms with Crippen molar-refractivity contribution >= 4 is 11.6 Å². The van der Waals surface area contributed by atoms with E-state index in [-0.39, 0.29) is 28.9 Å². The first-order chi connectivity index (χ1) is 8.61. The van der Waals surface area contributed by atoms with Gasteiger partial charge in [-0.05, 0) is 6.42 Å². The standard InChI is InChI=1S/C14H10O4/c15-10-6-5-9-11(14(10)18)13(17)8-4-2-1-3-7(8)12(9)16/h1-5,10,15,18H,6H2. The Labute approximate surface area is 103 Å². The van der Waals surface area contributed by atoms with Crippen LogP contribution < -0.4 is 0 Å². The first-order valence-electron chi connectivity index (χ1n) is 5.61. The summed E-state index contributed by atoms with van der Waals surface area (Å²) in [4.78, 5) is 24.4. The average molecular weight is 242 g/mol. The number of hydrogen-bond donors (Lipinski definition) is 2. The predicted molar refractivity (Wildman–Crippen MR) is 63.5 cm³/mol. The van der Waals surface area contributed by atoms with Crippen LogP contribution in [0.4, 0.5) is 0 Å². The largest absolute Gasteiger partial charge is 0.509 e. The van der Waals surface area contributed by atoms with E-state index in [1.165, 1.54) is 6.08 Å². The highest BCUT2D eigenvalue weighted by Gasteiger charge is 2.37. The maximum Gasteiger partial charge on any atom is 0.197 e. The molecule has 90 valence electrons. The van der Waals surface area contributed by atoms with Gasteiger partial charge >= 0.3 is 0 Å². The van der Waals surface area contributed by atoms with Crippen LogP contribution >= 0.6 is 0 Å². The molecule has 0 spiro atoms. The molecule has 18 heavy (non-hydrogen) atoms. The minimum absolute atomic E-state index is 0.0579. The summed E-state index contributed by atoms with van der Waals surface area (Å²) in [5, 5.41) is 19.4. The van der Waals surface area contributed by atoms with E-state index >= 15 is 0 Å². The van der Waals surface area contributed by atoms with E-state index in [0.717, 1.165) is 0 Å². The van der Waals surface area contributed by atoms with E-state index in [0.29, 0.717) is 5.56 Å². The zero-order chi connectivity index (χ0) is 12.9.